The van der Waals surface area contributed by atoms with Gasteiger partial charge in [0.25, 0.3) is 0 Å². The normalized spacial score (nSPS) is 13.1. The van der Waals surface area contributed by atoms with Crippen molar-refractivity contribution in [3.05, 3.63) is 34.3 Å². The van der Waals surface area contributed by atoms with Gasteiger partial charge in [0.2, 0.25) is 0 Å². The van der Waals surface area contributed by atoms with E-state index in [1.54, 1.807) is 0 Å². The van der Waals surface area contributed by atoms with Crippen LogP contribution in [0.15, 0.2) is 28.7 Å². The SMILES string of the molecule is CCCC(CN)N(C)Cc1ccc(Br)cc1. The highest BCUT2D eigenvalue weighted by atomic mass is 79.9. The van der Waals surface area contributed by atoms with E-state index in [2.05, 4.69) is 59.1 Å². The van der Waals surface area contributed by atoms with Gasteiger partial charge in [-0.2, -0.15) is 0 Å². The Kier molecular flexibility index (Phi) is 6.03. The van der Waals surface area contributed by atoms with Crippen LogP contribution in [0.4, 0.5) is 0 Å². The predicted octanol–water partition coefficient (Wildman–Crippen LogP) is 3.01. The van der Waals surface area contributed by atoms with E-state index in [0.717, 1.165) is 17.6 Å². The Morgan fingerprint density at radius 1 is 1.31 bits per heavy atom. The van der Waals surface area contributed by atoms with E-state index >= 15 is 0 Å². The minimum absolute atomic E-state index is 0.494. The molecule has 2 nitrogen and oxygen atoms in total. The van der Waals surface area contributed by atoms with E-state index in [4.69, 9.17) is 5.73 Å². The summed E-state index contributed by atoms with van der Waals surface area (Å²) < 4.78 is 1.13. The van der Waals surface area contributed by atoms with Crippen molar-refractivity contribution in [1.82, 2.24) is 4.90 Å². The molecule has 0 saturated heterocycles. The lowest BCUT2D eigenvalue weighted by Crippen LogP contribution is -2.37. The van der Waals surface area contributed by atoms with Crippen LogP contribution >= 0.6 is 15.9 Å². The molecule has 0 amide bonds. The quantitative estimate of drug-likeness (QED) is 0.870. The zero-order valence-corrected chi connectivity index (χ0v) is 11.7. The summed E-state index contributed by atoms with van der Waals surface area (Å²) in [5.74, 6) is 0. The first-order valence-electron chi connectivity index (χ1n) is 5.82. The number of nitrogens with zero attached hydrogens (tertiary/aromatic N) is 1. The van der Waals surface area contributed by atoms with Gasteiger partial charge in [0.05, 0.1) is 0 Å². The minimum atomic E-state index is 0.494. The minimum Gasteiger partial charge on any atom is -0.329 e. The average molecular weight is 285 g/mol. The zero-order chi connectivity index (χ0) is 12.0. The molecule has 0 fully saturated rings. The molecule has 0 saturated carbocycles. The van der Waals surface area contributed by atoms with Gasteiger partial charge >= 0.3 is 0 Å². The maximum atomic E-state index is 5.79. The second kappa shape index (κ2) is 7.05. The number of rotatable bonds is 6. The van der Waals surface area contributed by atoms with E-state index in [9.17, 15) is 0 Å². The Morgan fingerprint density at radius 2 is 1.94 bits per heavy atom. The van der Waals surface area contributed by atoms with Gasteiger partial charge in [-0.05, 0) is 31.2 Å². The predicted molar refractivity (Wildman–Crippen MR) is 73.4 cm³/mol. The van der Waals surface area contributed by atoms with E-state index in [-0.39, 0.29) is 0 Å². The van der Waals surface area contributed by atoms with E-state index in [0.29, 0.717) is 6.04 Å². The molecular weight excluding hydrogens is 264 g/mol. The van der Waals surface area contributed by atoms with Crippen LogP contribution in [-0.2, 0) is 6.54 Å². The van der Waals surface area contributed by atoms with Gasteiger partial charge in [0, 0.05) is 23.6 Å². The molecular formula is C13H21BrN2. The van der Waals surface area contributed by atoms with E-state index in [1.807, 2.05) is 0 Å². The van der Waals surface area contributed by atoms with Gasteiger partial charge in [-0.3, -0.25) is 4.90 Å². The third-order valence-corrected chi connectivity index (χ3v) is 3.39. The Hall–Kier alpha value is -0.380. The fourth-order valence-electron chi connectivity index (χ4n) is 1.86. The first-order valence-corrected chi connectivity index (χ1v) is 6.61. The van der Waals surface area contributed by atoms with Crippen LogP contribution in [0.5, 0.6) is 0 Å². The van der Waals surface area contributed by atoms with Crippen LogP contribution in [0.3, 0.4) is 0 Å². The molecule has 0 aliphatic rings. The van der Waals surface area contributed by atoms with Gasteiger partial charge in [0.1, 0.15) is 0 Å². The first-order chi connectivity index (χ1) is 7.67. The van der Waals surface area contributed by atoms with Crippen molar-refractivity contribution in [3.63, 3.8) is 0 Å². The van der Waals surface area contributed by atoms with Crippen molar-refractivity contribution in [1.29, 1.82) is 0 Å². The standard InChI is InChI=1S/C13H21BrN2/c1-3-4-13(9-15)16(2)10-11-5-7-12(14)8-6-11/h5-8,13H,3-4,9-10,15H2,1-2H3. The number of benzene rings is 1. The summed E-state index contributed by atoms with van der Waals surface area (Å²) in [7, 11) is 2.15. The highest BCUT2D eigenvalue weighted by Crippen LogP contribution is 2.13. The van der Waals surface area contributed by atoms with Gasteiger partial charge < -0.3 is 5.73 Å². The van der Waals surface area contributed by atoms with Crippen molar-refractivity contribution < 1.29 is 0 Å². The fraction of sp³-hybridized carbons (Fsp3) is 0.538. The molecule has 1 rings (SSSR count). The third-order valence-electron chi connectivity index (χ3n) is 2.86. The molecule has 2 N–H and O–H groups in total. The Bertz CT molecular complexity index is 297. The van der Waals surface area contributed by atoms with Crippen LogP contribution in [0.1, 0.15) is 25.3 Å². The highest BCUT2D eigenvalue weighted by Gasteiger charge is 2.11. The molecule has 0 radical (unpaired) electrons. The zero-order valence-electron chi connectivity index (χ0n) is 10.1. The van der Waals surface area contributed by atoms with Crippen LogP contribution in [-0.4, -0.2) is 24.5 Å². The van der Waals surface area contributed by atoms with Crippen LogP contribution < -0.4 is 5.73 Å². The lowest BCUT2D eigenvalue weighted by molar-refractivity contribution is 0.226. The Morgan fingerprint density at radius 3 is 2.44 bits per heavy atom. The Labute approximate surface area is 107 Å². The number of nitrogens with two attached hydrogens (primary N) is 1. The molecule has 0 spiro atoms. The lowest BCUT2D eigenvalue weighted by atomic mass is 10.1. The molecule has 1 unspecified atom stereocenters. The summed E-state index contributed by atoms with van der Waals surface area (Å²) in [5.41, 5.74) is 7.12. The summed E-state index contributed by atoms with van der Waals surface area (Å²) in [6.07, 6.45) is 2.36. The molecule has 0 aromatic heterocycles. The molecule has 1 aromatic rings. The van der Waals surface area contributed by atoms with Gasteiger partial charge in [-0.15, -0.1) is 0 Å². The molecule has 1 aromatic carbocycles. The summed E-state index contributed by atoms with van der Waals surface area (Å²) in [6.45, 7) is 3.91. The summed E-state index contributed by atoms with van der Waals surface area (Å²) in [5, 5.41) is 0. The topological polar surface area (TPSA) is 29.3 Å². The van der Waals surface area contributed by atoms with Crippen molar-refractivity contribution in [2.24, 2.45) is 5.73 Å². The monoisotopic (exact) mass is 284 g/mol. The van der Waals surface area contributed by atoms with Crippen molar-refractivity contribution in [2.75, 3.05) is 13.6 Å². The maximum absolute atomic E-state index is 5.79. The number of halogens is 1. The summed E-state index contributed by atoms with van der Waals surface area (Å²) in [6, 6.07) is 8.97. The third kappa shape index (κ3) is 4.24. The van der Waals surface area contributed by atoms with Crippen LogP contribution in [0.2, 0.25) is 0 Å². The molecule has 0 bridgehead atoms. The van der Waals surface area contributed by atoms with Crippen molar-refractivity contribution >= 4 is 15.9 Å². The molecule has 3 heteroatoms. The lowest BCUT2D eigenvalue weighted by Gasteiger charge is -2.26. The molecule has 1 atom stereocenters. The molecule has 90 valence electrons. The number of hydrogen-bond donors (Lipinski definition) is 1. The van der Waals surface area contributed by atoms with Crippen LogP contribution in [0, 0.1) is 0 Å². The molecule has 0 aliphatic heterocycles. The fourth-order valence-corrected chi connectivity index (χ4v) is 2.12. The Balaban J connectivity index is 2.55. The average Bonchev–Trinajstić information content (AvgIpc) is 2.29. The van der Waals surface area contributed by atoms with E-state index < -0.39 is 0 Å². The van der Waals surface area contributed by atoms with E-state index in [1.165, 1.54) is 18.4 Å². The van der Waals surface area contributed by atoms with Gasteiger partial charge in [-0.25, -0.2) is 0 Å². The van der Waals surface area contributed by atoms with Crippen molar-refractivity contribution in [3.8, 4) is 0 Å². The first kappa shape index (κ1) is 13.7. The molecule has 0 aliphatic carbocycles. The van der Waals surface area contributed by atoms with Gasteiger partial charge in [0.15, 0.2) is 0 Å². The maximum Gasteiger partial charge on any atom is 0.0234 e. The summed E-state index contributed by atoms with van der Waals surface area (Å²) in [4.78, 5) is 2.34. The summed E-state index contributed by atoms with van der Waals surface area (Å²) >= 11 is 3.45. The second-order valence-corrected chi connectivity index (χ2v) is 5.14. The smallest absolute Gasteiger partial charge is 0.0234 e. The second-order valence-electron chi connectivity index (χ2n) is 4.22. The van der Waals surface area contributed by atoms with Gasteiger partial charge in [-0.1, -0.05) is 41.4 Å². The molecule has 0 heterocycles. The molecule has 16 heavy (non-hydrogen) atoms. The highest BCUT2D eigenvalue weighted by molar-refractivity contribution is 9.10. The largest absolute Gasteiger partial charge is 0.329 e. The van der Waals surface area contributed by atoms with Crippen molar-refractivity contribution in [2.45, 2.75) is 32.4 Å². The number of hydrogen-bond acceptors (Lipinski definition) is 2. The van der Waals surface area contributed by atoms with Crippen LogP contribution in [0.25, 0.3) is 0 Å². The number of likely N-dealkylation sites (N-methyl/N-ethyl adjacent to an activating group) is 1.